The van der Waals surface area contributed by atoms with E-state index >= 15 is 0 Å². The lowest BCUT2D eigenvalue weighted by Gasteiger charge is -2.12. The van der Waals surface area contributed by atoms with Crippen LogP contribution in [-0.4, -0.2) is 15.9 Å². The van der Waals surface area contributed by atoms with Crippen LogP contribution in [0.4, 0.5) is 4.39 Å². The molecule has 0 saturated heterocycles. The Morgan fingerprint density at radius 2 is 2.10 bits per heavy atom. The Kier molecular flexibility index (Phi) is 6.78. The molecule has 0 saturated carbocycles. The van der Waals surface area contributed by atoms with Crippen molar-refractivity contribution in [1.82, 2.24) is 15.3 Å². The lowest BCUT2D eigenvalue weighted by atomic mass is 9.99. The van der Waals surface area contributed by atoms with Gasteiger partial charge in [0.25, 0.3) is 5.56 Å². The molecule has 3 rings (SSSR count). The molecule has 8 heteroatoms. The first-order chi connectivity index (χ1) is 14.9. The SMILES string of the molecule is Cc1[nH]c(=O)c(C#N)c(C)c1CCC(=O)NCc1cccnc1Oc1cccc(F)c1. The van der Waals surface area contributed by atoms with E-state index in [1.54, 1.807) is 38.2 Å². The lowest BCUT2D eigenvalue weighted by molar-refractivity contribution is -0.121. The molecule has 0 aliphatic rings. The van der Waals surface area contributed by atoms with E-state index in [-0.39, 0.29) is 30.3 Å². The molecule has 0 atom stereocenters. The van der Waals surface area contributed by atoms with Crippen LogP contribution in [-0.2, 0) is 17.8 Å². The lowest BCUT2D eigenvalue weighted by Crippen LogP contribution is -2.24. The number of halogens is 1. The first-order valence-electron chi connectivity index (χ1n) is 9.65. The van der Waals surface area contributed by atoms with E-state index in [4.69, 9.17) is 10.00 Å². The van der Waals surface area contributed by atoms with Crippen LogP contribution >= 0.6 is 0 Å². The molecule has 0 spiro atoms. The highest BCUT2D eigenvalue weighted by molar-refractivity contribution is 5.76. The molecule has 31 heavy (non-hydrogen) atoms. The predicted octanol–water partition coefficient (Wildman–Crippen LogP) is 3.44. The van der Waals surface area contributed by atoms with Crippen LogP contribution in [0.5, 0.6) is 11.6 Å². The van der Waals surface area contributed by atoms with Crippen LogP contribution in [0.3, 0.4) is 0 Å². The third-order valence-electron chi connectivity index (χ3n) is 4.86. The highest BCUT2D eigenvalue weighted by atomic mass is 19.1. The summed E-state index contributed by atoms with van der Waals surface area (Å²) >= 11 is 0. The molecule has 2 N–H and O–H groups in total. The van der Waals surface area contributed by atoms with E-state index < -0.39 is 11.4 Å². The normalized spacial score (nSPS) is 10.4. The molecule has 0 fully saturated rings. The molecule has 0 unspecified atom stereocenters. The molecule has 158 valence electrons. The summed E-state index contributed by atoms with van der Waals surface area (Å²) in [6.45, 7) is 3.64. The van der Waals surface area contributed by atoms with Gasteiger partial charge in [-0.2, -0.15) is 5.26 Å². The molecule has 7 nitrogen and oxygen atoms in total. The van der Waals surface area contributed by atoms with E-state index in [9.17, 15) is 14.0 Å². The number of carbonyl (C=O) groups excluding carboxylic acids is 1. The van der Waals surface area contributed by atoms with Crippen LogP contribution in [0.25, 0.3) is 0 Å². The van der Waals surface area contributed by atoms with E-state index in [0.717, 1.165) is 5.56 Å². The zero-order valence-electron chi connectivity index (χ0n) is 17.2. The molecule has 1 aromatic carbocycles. The number of ether oxygens (including phenoxy) is 1. The highest BCUT2D eigenvalue weighted by Gasteiger charge is 2.14. The second-order valence-electron chi connectivity index (χ2n) is 6.97. The predicted molar refractivity (Wildman–Crippen MR) is 112 cm³/mol. The van der Waals surface area contributed by atoms with Crippen molar-refractivity contribution in [2.24, 2.45) is 0 Å². The molecule has 0 aliphatic carbocycles. The van der Waals surface area contributed by atoms with E-state index in [1.165, 1.54) is 18.2 Å². The van der Waals surface area contributed by atoms with Gasteiger partial charge < -0.3 is 15.0 Å². The van der Waals surface area contributed by atoms with Gasteiger partial charge in [0.15, 0.2) is 0 Å². The number of amides is 1. The number of nitriles is 1. The maximum absolute atomic E-state index is 13.4. The van der Waals surface area contributed by atoms with Crippen molar-refractivity contribution in [2.45, 2.75) is 33.2 Å². The molecular formula is C23H21FN4O3. The summed E-state index contributed by atoms with van der Waals surface area (Å²) in [5.41, 5.74) is 2.30. The van der Waals surface area contributed by atoms with Crippen LogP contribution < -0.4 is 15.6 Å². The second kappa shape index (κ2) is 9.67. The first-order valence-corrected chi connectivity index (χ1v) is 9.65. The molecule has 0 radical (unpaired) electrons. The number of aromatic nitrogens is 2. The summed E-state index contributed by atoms with van der Waals surface area (Å²) in [5.74, 6) is -0.0391. The van der Waals surface area contributed by atoms with Gasteiger partial charge in [0.05, 0.1) is 0 Å². The van der Waals surface area contributed by atoms with Gasteiger partial charge in [-0.1, -0.05) is 12.1 Å². The van der Waals surface area contributed by atoms with Crippen molar-refractivity contribution in [1.29, 1.82) is 5.26 Å². The number of carbonyl (C=O) groups is 1. The topological polar surface area (TPSA) is 108 Å². The number of pyridine rings is 2. The number of H-pyrrole nitrogens is 1. The van der Waals surface area contributed by atoms with Crippen LogP contribution in [0.2, 0.25) is 0 Å². The number of hydrogen-bond donors (Lipinski definition) is 2. The maximum atomic E-state index is 13.4. The monoisotopic (exact) mass is 420 g/mol. The van der Waals surface area contributed by atoms with Crippen LogP contribution in [0.1, 0.15) is 34.4 Å². The minimum atomic E-state index is -0.423. The number of aromatic amines is 1. The van der Waals surface area contributed by atoms with Gasteiger partial charge >= 0.3 is 0 Å². The van der Waals surface area contributed by atoms with Gasteiger partial charge in [-0.15, -0.1) is 0 Å². The van der Waals surface area contributed by atoms with Crippen LogP contribution in [0, 0.1) is 31.0 Å². The Labute approximate surface area is 178 Å². The Morgan fingerprint density at radius 3 is 2.84 bits per heavy atom. The molecule has 0 bridgehead atoms. The fourth-order valence-corrected chi connectivity index (χ4v) is 3.23. The number of benzene rings is 1. The Hall–Kier alpha value is -3.99. The molecule has 3 aromatic rings. The van der Waals surface area contributed by atoms with Crippen molar-refractivity contribution in [3.05, 3.63) is 86.7 Å². The van der Waals surface area contributed by atoms with Crippen molar-refractivity contribution >= 4 is 5.91 Å². The van der Waals surface area contributed by atoms with Gasteiger partial charge in [-0.05, 0) is 49.6 Å². The summed E-state index contributed by atoms with van der Waals surface area (Å²) in [6, 6.07) is 11.1. The van der Waals surface area contributed by atoms with Crippen molar-refractivity contribution in [2.75, 3.05) is 0 Å². The summed E-state index contributed by atoms with van der Waals surface area (Å²) in [7, 11) is 0. The summed E-state index contributed by atoms with van der Waals surface area (Å²) in [4.78, 5) is 31.0. The van der Waals surface area contributed by atoms with Gasteiger partial charge in [0.1, 0.15) is 23.2 Å². The Balaban J connectivity index is 1.64. The van der Waals surface area contributed by atoms with Gasteiger partial charge in [0.2, 0.25) is 11.8 Å². The van der Waals surface area contributed by atoms with Crippen molar-refractivity contribution in [3.8, 4) is 17.7 Å². The maximum Gasteiger partial charge on any atom is 0.266 e. The molecular weight excluding hydrogens is 399 g/mol. The zero-order valence-corrected chi connectivity index (χ0v) is 17.2. The molecule has 1 amide bonds. The largest absolute Gasteiger partial charge is 0.439 e. The van der Waals surface area contributed by atoms with Crippen LogP contribution in [0.15, 0.2) is 47.4 Å². The Bertz CT molecular complexity index is 1210. The van der Waals surface area contributed by atoms with Gasteiger partial charge in [-0.25, -0.2) is 9.37 Å². The molecule has 2 aromatic heterocycles. The van der Waals surface area contributed by atoms with Crippen molar-refractivity contribution in [3.63, 3.8) is 0 Å². The third-order valence-corrected chi connectivity index (χ3v) is 4.86. The number of rotatable bonds is 7. The highest BCUT2D eigenvalue weighted by Crippen LogP contribution is 2.23. The number of nitrogens with zero attached hydrogens (tertiary/aromatic N) is 2. The molecule has 0 aliphatic heterocycles. The van der Waals surface area contributed by atoms with Crippen molar-refractivity contribution < 1.29 is 13.9 Å². The standard InChI is InChI=1S/C23H21FN4O3/c1-14-19(15(2)28-22(30)20(14)12-25)8-9-21(29)27-13-16-5-4-10-26-23(16)31-18-7-3-6-17(24)11-18/h3-7,10-11H,8-9,13H2,1-2H3,(H,27,29)(H,28,30). The van der Waals surface area contributed by atoms with Gasteiger partial charge in [-0.3, -0.25) is 9.59 Å². The van der Waals surface area contributed by atoms with E-state index in [2.05, 4.69) is 15.3 Å². The molecule has 2 heterocycles. The average Bonchev–Trinajstić information content (AvgIpc) is 2.73. The van der Waals surface area contributed by atoms with E-state index in [0.29, 0.717) is 29.0 Å². The Morgan fingerprint density at radius 1 is 1.29 bits per heavy atom. The number of hydrogen-bond acceptors (Lipinski definition) is 5. The minimum Gasteiger partial charge on any atom is -0.439 e. The number of nitrogens with one attached hydrogen (secondary N) is 2. The second-order valence-corrected chi connectivity index (χ2v) is 6.97. The third kappa shape index (κ3) is 5.34. The summed E-state index contributed by atoms with van der Waals surface area (Å²) in [6.07, 6.45) is 2.11. The van der Waals surface area contributed by atoms with Gasteiger partial charge in [0, 0.05) is 36.5 Å². The fourth-order valence-electron chi connectivity index (χ4n) is 3.23. The minimum absolute atomic E-state index is 0.0653. The number of aryl methyl sites for hydroxylation is 1. The summed E-state index contributed by atoms with van der Waals surface area (Å²) < 4.78 is 19.0. The zero-order chi connectivity index (χ0) is 22.4. The van der Waals surface area contributed by atoms with E-state index in [1.807, 2.05) is 6.07 Å². The quantitative estimate of drug-likeness (QED) is 0.609. The summed E-state index contributed by atoms with van der Waals surface area (Å²) in [5, 5.41) is 12.0. The fraction of sp³-hybridized carbons (Fsp3) is 0.217. The first kappa shape index (κ1) is 21.7. The smallest absolute Gasteiger partial charge is 0.266 e. The average molecular weight is 420 g/mol.